The molecule has 0 radical (unpaired) electrons. The summed E-state index contributed by atoms with van der Waals surface area (Å²) in [6, 6.07) is 2.61. The SMILES string of the molecule is C=C1CCC(N2Cc3c(ccc(C[C@H]4OCCC[C@@H]4NC4CCC(F)(F)CC4)c3F)C2=O)C(=O)N1. The fraction of sp³-hybridized carbons (Fsp3) is 0.615. The lowest BCUT2D eigenvalue weighted by Gasteiger charge is -2.37. The maximum atomic E-state index is 15.6. The molecule has 9 heteroatoms. The number of alkyl halides is 2. The first-order chi connectivity index (χ1) is 16.7. The summed E-state index contributed by atoms with van der Waals surface area (Å²) < 4.78 is 48.7. The van der Waals surface area contributed by atoms with Crippen LogP contribution in [0.4, 0.5) is 13.2 Å². The van der Waals surface area contributed by atoms with Crippen LogP contribution in [0, 0.1) is 5.82 Å². The second-order valence-corrected chi connectivity index (χ2v) is 10.3. The number of benzene rings is 1. The van der Waals surface area contributed by atoms with Crippen molar-refractivity contribution in [3.05, 3.63) is 46.9 Å². The largest absolute Gasteiger partial charge is 0.376 e. The lowest BCUT2D eigenvalue weighted by molar-refractivity contribution is -0.126. The van der Waals surface area contributed by atoms with E-state index in [-0.39, 0.29) is 49.4 Å². The maximum absolute atomic E-state index is 15.6. The Kier molecular flexibility index (Phi) is 6.65. The molecule has 35 heavy (non-hydrogen) atoms. The fourth-order valence-electron chi connectivity index (χ4n) is 5.85. The van der Waals surface area contributed by atoms with Gasteiger partial charge >= 0.3 is 0 Å². The second kappa shape index (κ2) is 9.58. The van der Waals surface area contributed by atoms with Gasteiger partial charge < -0.3 is 20.3 Å². The summed E-state index contributed by atoms with van der Waals surface area (Å²) in [5.41, 5.74) is 1.71. The Hall–Kier alpha value is -2.39. The number of allylic oxidation sites excluding steroid dienone is 1. The summed E-state index contributed by atoms with van der Waals surface area (Å²) in [6.45, 7) is 4.40. The van der Waals surface area contributed by atoms with Crippen LogP contribution in [0.3, 0.4) is 0 Å². The second-order valence-electron chi connectivity index (χ2n) is 10.3. The summed E-state index contributed by atoms with van der Waals surface area (Å²) in [4.78, 5) is 26.8. The molecule has 1 unspecified atom stereocenters. The number of nitrogens with one attached hydrogen (secondary N) is 2. The molecule has 0 spiro atoms. The van der Waals surface area contributed by atoms with Crippen LogP contribution in [0.1, 0.15) is 72.9 Å². The minimum atomic E-state index is -2.58. The topological polar surface area (TPSA) is 70.7 Å². The zero-order valence-electron chi connectivity index (χ0n) is 19.8. The average Bonchev–Trinajstić information content (AvgIpc) is 3.15. The van der Waals surface area contributed by atoms with Gasteiger partial charge in [0, 0.05) is 54.8 Å². The Labute approximate surface area is 203 Å². The van der Waals surface area contributed by atoms with Crippen LogP contribution in [0.15, 0.2) is 24.4 Å². The Morgan fingerprint density at radius 1 is 1.17 bits per heavy atom. The van der Waals surface area contributed by atoms with Gasteiger partial charge in [0.2, 0.25) is 11.8 Å². The minimum Gasteiger partial charge on any atom is -0.376 e. The van der Waals surface area contributed by atoms with Gasteiger partial charge in [-0.15, -0.1) is 0 Å². The predicted molar refractivity (Wildman–Crippen MR) is 123 cm³/mol. The molecule has 1 saturated carbocycles. The van der Waals surface area contributed by atoms with E-state index in [0.717, 1.165) is 12.8 Å². The van der Waals surface area contributed by atoms with Crippen LogP contribution < -0.4 is 10.6 Å². The molecular weight excluding hydrogens is 459 g/mol. The number of hydrogen-bond acceptors (Lipinski definition) is 4. The van der Waals surface area contributed by atoms with Crippen molar-refractivity contribution >= 4 is 11.8 Å². The van der Waals surface area contributed by atoms with E-state index >= 15 is 4.39 Å². The molecule has 1 aromatic rings. The third kappa shape index (κ3) is 4.98. The highest BCUT2D eigenvalue weighted by Gasteiger charge is 2.41. The van der Waals surface area contributed by atoms with Crippen LogP contribution in [-0.4, -0.2) is 53.5 Å². The molecule has 1 aromatic carbocycles. The van der Waals surface area contributed by atoms with Crippen LogP contribution in [-0.2, 0) is 22.5 Å². The molecule has 3 aliphatic heterocycles. The Bertz CT molecular complexity index is 1020. The maximum Gasteiger partial charge on any atom is 0.255 e. The number of carbonyl (C=O) groups is 2. The first-order valence-electron chi connectivity index (χ1n) is 12.6. The highest BCUT2D eigenvalue weighted by atomic mass is 19.3. The highest BCUT2D eigenvalue weighted by molar-refractivity contribution is 6.01. The summed E-state index contributed by atoms with van der Waals surface area (Å²) in [5.74, 6) is -3.62. The van der Waals surface area contributed by atoms with Gasteiger partial charge in [0.25, 0.3) is 5.91 Å². The lowest BCUT2D eigenvalue weighted by Crippen LogP contribution is -2.51. The molecular formula is C26H32F3N3O3. The van der Waals surface area contributed by atoms with Gasteiger partial charge in [0.05, 0.1) is 12.6 Å². The molecule has 2 saturated heterocycles. The lowest BCUT2D eigenvalue weighted by atomic mass is 9.89. The molecule has 190 valence electrons. The van der Waals surface area contributed by atoms with E-state index in [1.807, 2.05) is 0 Å². The van der Waals surface area contributed by atoms with Crippen LogP contribution in [0.2, 0.25) is 0 Å². The van der Waals surface area contributed by atoms with Gasteiger partial charge in [0.1, 0.15) is 11.9 Å². The number of ether oxygens (including phenoxy) is 1. The number of nitrogens with zero attached hydrogens (tertiary/aromatic N) is 1. The number of halogens is 3. The van der Waals surface area contributed by atoms with Crippen molar-refractivity contribution in [2.45, 2.75) is 94.5 Å². The number of hydrogen-bond donors (Lipinski definition) is 2. The van der Waals surface area contributed by atoms with Gasteiger partial charge in [-0.05, 0) is 50.2 Å². The Balaban J connectivity index is 1.28. The van der Waals surface area contributed by atoms with Crippen molar-refractivity contribution in [3.8, 4) is 0 Å². The Morgan fingerprint density at radius 2 is 1.94 bits per heavy atom. The van der Waals surface area contributed by atoms with E-state index in [4.69, 9.17) is 4.74 Å². The smallest absolute Gasteiger partial charge is 0.255 e. The molecule has 3 atom stereocenters. The van der Waals surface area contributed by atoms with Gasteiger partial charge in [-0.2, -0.15) is 0 Å². The average molecular weight is 492 g/mol. The van der Waals surface area contributed by atoms with Crippen LogP contribution in [0.5, 0.6) is 0 Å². The first-order valence-corrected chi connectivity index (χ1v) is 12.6. The molecule has 0 bridgehead atoms. The number of amides is 2. The quantitative estimate of drug-likeness (QED) is 0.657. The van der Waals surface area contributed by atoms with Crippen molar-refractivity contribution in [2.24, 2.45) is 0 Å². The van der Waals surface area contributed by atoms with Gasteiger partial charge in [-0.25, -0.2) is 13.2 Å². The molecule has 1 aliphatic carbocycles. The number of fused-ring (bicyclic) bond motifs is 1. The minimum absolute atomic E-state index is 0.0117. The van der Waals surface area contributed by atoms with Crippen LogP contribution >= 0.6 is 0 Å². The standard InChI is InChI=1S/C26H32F3N3O3/c1-15-4-7-21(24(33)30-15)32-14-19-18(25(32)34)6-5-16(23(19)27)13-22-20(3-2-12-35-22)31-17-8-10-26(28,29)11-9-17/h5-6,17,20-22,31H,1-4,7-14H2,(H,30,33)/t20-,21?,22+/m0/s1. The summed E-state index contributed by atoms with van der Waals surface area (Å²) >= 11 is 0. The molecule has 5 rings (SSSR count). The normalized spacial score (nSPS) is 29.3. The fourth-order valence-corrected chi connectivity index (χ4v) is 5.85. The molecule has 0 aromatic heterocycles. The van der Waals surface area contributed by atoms with E-state index in [0.29, 0.717) is 61.1 Å². The van der Waals surface area contributed by atoms with Gasteiger partial charge in [0.15, 0.2) is 0 Å². The van der Waals surface area contributed by atoms with Crippen molar-refractivity contribution in [1.29, 1.82) is 0 Å². The molecule has 4 aliphatic rings. The van der Waals surface area contributed by atoms with Crippen molar-refractivity contribution in [2.75, 3.05) is 6.61 Å². The van der Waals surface area contributed by atoms with Gasteiger partial charge in [-0.3, -0.25) is 9.59 Å². The zero-order chi connectivity index (χ0) is 24.7. The van der Waals surface area contributed by atoms with E-state index in [2.05, 4.69) is 17.2 Å². The number of carbonyl (C=O) groups excluding carboxylic acids is 2. The van der Waals surface area contributed by atoms with Crippen molar-refractivity contribution < 1.29 is 27.5 Å². The predicted octanol–water partition coefficient (Wildman–Crippen LogP) is 3.83. The van der Waals surface area contributed by atoms with Crippen LogP contribution in [0.25, 0.3) is 0 Å². The molecule has 6 nitrogen and oxygen atoms in total. The van der Waals surface area contributed by atoms with E-state index < -0.39 is 17.8 Å². The number of rotatable bonds is 5. The van der Waals surface area contributed by atoms with E-state index in [9.17, 15) is 18.4 Å². The molecule has 2 N–H and O–H groups in total. The molecule has 2 amide bonds. The third-order valence-corrected chi connectivity index (χ3v) is 7.87. The van der Waals surface area contributed by atoms with Gasteiger partial charge in [-0.1, -0.05) is 12.6 Å². The summed E-state index contributed by atoms with van der Waals surface area (Å²) in [5, 5.41) is 6.20. The summed E-state index contributed by atoms with van der Waals surface area (Å²) in [7, 11) is 0. The van der Waals surface area contributed by atoms with Crippen molar-refractivity contribution in [3.63, 3.8) is 0 Å². The van der Waals surface area contributed by atoms with E-state index in [1.165, 1.54) is 4.90 Å². The summed E-state index contributed by atoms with van der Waals surface area (Å²) in [6.07, 6.45) is 3.43. The first kappa shape index (κ1) is 24.3. The van der Waals surface area contributed by atoms with E-state index in [1.54, 1.807) is 12.1 Å². The highest BCUT2D eigenvalue weighted by Crippen LogP contribution is 2.35. The number of piperidine rings is 1. The monoisotopic (exact) mass is 491 g/mol. The molecule has 3 fully saturated rings. The molecule has 3 heterocycles. The van der Waals surface area contributed by atoms with Crippen molar-refractivity contribution in [1.82, 2.24) is 15.5 Å². The zero-order valence-corrected chi connectivity index (χ0v) is 19.8. The third-order valence-electron chi connectivity index (χ3n) is 7.87. The Morgan fingerprint density at radius 3 is 2.69 bits per heavy atom.